The Hall–Kier alpha value is -0.680. The zero-order valence-corrected chi connectivity index (χ0v) is 10.9. The number of hydrogen-bond donors (Lipinski definition) is 1. The Kier molecular flexibility index (Phi) is 4.12. The van der Waals surface area contributed by atoms with E-state index in [2.05, 4.69) is 30.8 Å². The molecule has 0 amide bonds. The summed E-state index contributed by atoms with van der Waals surface area (Å²) in [7, 11) is 0. The molecule has 4 nitrogen and oxygen atoms in total. The van der Waals surface area contributed by atoms with Crippen molar-refractivity contribution >= 4 is 21.9 Å². The molecule has 1 fully saturated rings. The molecule has 1 atom stereocenters. The van der Waals surface area contributed by atoms with Crippen molar-refractivity contribution in [1.29, 1.82) is 0 Å². The number of aromatic nitrogens is 2. The zero-order valence-electron chi connectivity index (χ0n) is 9.27. The molecule has 1 aromatic rings. The highest BCUT2D eigenvalue weighted by molar-refractivity contribution is 9.10. The van der Waals surface area contributed by atoms with E-state index in [0.717, 1.165) is 36.5 Å². The predicted molar refractivity (Wildman–Crippen MR) is 68.3 cm³/mol. The molecule has 0 bridgehead atoms. The first-order chi connectivity index (χ1) is 7.79. The fraction of sp³-hybridized carbons (Fsp3) is 0.636. The molecule has 2 rings (SSSR count). The molecule has 1 aromatic heterocycles. The van der Waals surface area contributed by atoms with Crippen molar-refractivity contribution in [2.75, 3.05) is 24.5 Å². The maximum absolute atomic E-state index is 5.61. The quantitative estimate of drug-likeness (QED) is 0.920. The minimum absolute atomic E-state index is 0.700. The SMILES string of the molecule is NCCC1CCCN(c2ncc(Br)cn2)C1. The van der Waals surface area contributed by atoms with Crippen LogP contribution in [0.2, 0.25) is 0 Å². The highest BCUT2D eigenvalue weighted by atomic mass is 79.9. The van der Waals surface area contributed by atoms with E-state index >= 15 is 0 Å². The first-order valence-electron chi connectivity index (χ1n) is 5.72. The molecule has 0 aliphatic carbocycles. The van der Waals surface area contributed by atoms with Crippen LogP contribution in [-0.4, -0.2) is 29.6 Å². The average molecular weight is 285 g/mol. The third-order valence-electron chi connectivity index (χ3n) is 2.98. The Labute approximate surface area is 104 Å². The molecule has 2 heterocycles. The molecule has 0 radical (unpaired) electrons. The number of nitrogens with zero attached hydrogens (tertiary/aromatic N) is 3. The smallest absolute Gasteiger partial charge is 0.225 e. The summed E-state index contributed by atoms with van der Waals surface area (Å²) in [6.45, 7) is 2.88. The topological polar surface area (TPSA) is 55.0 Å². The summed E-state index contributed by atoms with van der Waals surface area (Å²) in [5, 5.41) is 0. The normalized spacial score (nSPS) is 21.1. The molecule has 1 aliphatic heterocycles. The van der Waals surface area contributed by atoms with Gasteiger partial charge in [0.2, 0.25) is 5.95 Å². The second-order valence-corrected chi connectivity index (χ2v) is 5.15. The molecule has 88 valence electrons. The summed E-state index contributed by atoms with van der Waals surface area (Å²) in [5.41, 5.74) is 5.61. The first-order valence-corrected chi connectivity index (χ1v) is 6.51. The first kappa shape index (κ1) is 11.8. The van der Waals surface area contributed by atoms with Gasteiger partial charge < -0.3 is 10.6 Å². The molecule has 16 heavy (non-hydrogen) atoms. The van der Waals surface area contributed by atoms with E-state index in [1.807, 2.05) is 0 Å². The van der Waals surface area contributed by atoms with E-state index in [4.69, 9.17) is 5.73 Å². The molecule has 0 aromatic carbocycles. The molecule has 2 N–H and O–H groups in total. The Morgan fingerprint density at radius 1 is 1.44 bits per heavy atom. The number of rotatable bonds is 3. The van der Waals surface area contributed by atoms with Gasteiger partial charge in [0.25, 0.3) is 0 Å². The van der Waals surface area contributed by atoms with E-state index in [-0.39, 0.29) is 0 Å². The molecule has 0 saturated carbocycles. The molecule has 0 spiro atoms. The lowest BCUT2D eigenvalue weighted by Gasteiger charge is -2.32. The summed E-state index contributed by atoms with van der Waals surface area (Å²) in [6.07, 6.45) is 7.20. The summed E-state index contributed by atoms with van der Waals surface area (Å²) < 4.78 is 0.923. The standard InChI is InChI=1S/C11H17BrN4/c12-10-6-14-11(15-7-10)16-5-1-2-9(8-16)3-4-13/h6-7,9H,1-5,8,13H2. The maximum atomic E-state index is 5.61. The number of anilines is 1. The van der Waals surface area contributed by atoms with Crippen molar-refractivity contribution in [3.05, 3.63) is 16.9 Å². The Morgan fingerprint density at radius 2 is 2.19 bits per heavy atom. The molecule has 1 unspecified atom stereocenters. The maximum Gasteiger partial charge on any atom is 0.225 e. The van der Waals surface area contributed by atoms with Crippen molar-refractivity contribution in [3.8, 4) is 0 Å². The fourth-order valence-corrected chi connectivity index (χ4v) is 2.39. The lowest BCUT2D eigenvalue weighted by atomic mass is 9.95. The predicted octanol–water partition coefficient (Wildman–Crippen LogP) is 1.80. The van der Waals surface area contributed by atoms with Gasteiger partial charge in [0.05, 0.1) is 4.47 Å². The Balaban J connectivity index is 2.01. The van der Waals surface area contributed by atoms with Crippen molar-refractivity contribution < 1.29 is 0 Å². The average Bonchev–Trinajstić information content (AvgIpc) is 2.31. The minimum atomic E-state index is 0.700. The second-order valence-electron chi connectivity index (χ2n) is 4.23. The van der Waals surface area contributed by atoms with Crippen LogP contribution in [0.4, 0.5) is 5.95 Å². The van der Waals surface area contributed by atoms with Crippen LogP contribution in [0, 0.1) is 5.92 Å². The van der Waals surface area contributed by atoms with Gasteiger partial charge in [-0.1, -0.05) is 0 Å². The van der Waals surface area contributed by atoms with Crippen LogP contribution in [0.5, 0.6) is 0 Å². The van der Waals surface area contributed by atoms with Gasteiger partial charge in [0.15, 0.2) is 0 Å². The highest BCUT2D eigenvalue weighted by Crippen LogP contribution is 2.22. The van der Waals surface area contributed by atoms with E-state index in [0.29, 0.717) is 5.92 Å². The fourth-order valence-electron chi connectivity index (χ4n) is 2.19. The number of halogens is 1. The van der Waals surface area contributed by atoms with Crippen LogP contribution >= 0.6 is 15.9 Å². The van der Waals surface area contributed by atoms with Crippen molar-refractivity contribution in [2.24, 2.45) is 11.7 Å². The Morgan fingerprint density at radius 3 is 2.88 bits per heavy atom. The number of nitrogens with two attached hydrogens (primary N) is 1. The van der Waals surface area contributed by atoms with Gasteiger partial charge >= 0.3 is 0 Å². The molecule has 1 aliphatic rings. The van der Waals surface area contributed by atoms with E-state index < -0.39 is 0 Å². The van der Waals surface area contributed by atoms with E-state index in [1.54, 1.807) is 12.4 Å². The van der Waals surface area contributed by atoms with Gasteiger partial charge in [-0.3, -0.25) is 0 Å². The van der Waals surface area contributed by atoms with Crippen LogP contribution in [0.3, 0.4) is 0 Å². The van der Waals surface area contributed by atoms with Crippen LogP contribution < -0.4 is 10.6 Å². The summed E-state index contributed by atoms with van der Waals surface area (Å²) in [6, 6.07) is 0. The lowest BCUT2D eigenvalue weighted by molar-refractivity contribution is 0.392. The zero-order chi connectivity index (χ0) is 11.4. The van der Waals surface area contributed by atoms with Crippen LogP contribution in [-0.2, 0) is 0 Å². The van der Waals surface area contributed by atoms with Gasteiger partial charge in [-0.15, -0.1) is 0 Å². The van der Waals surface area contributed by atoms with Gasteiger partial charge in [-0.25, -0.2) is 9.97 Å². The van der Waals surface area contributed by atoms with Crippen molar-refractivity contribution in [2.45, 2.75) is 19.3 Å². The summed E-state index contributed by atoms with van der Waals surface area (Å²) in [4.78, 5) is 10.9. The monoisotopic (exact) mass is 284 g/mol. The summed E-state index contributed by atoms with van der Waals surface area (Å²) in [5.74, 6) is 1.54. The minimum Gasteiger partial charge on any atom is -0.341 e. The highest BCUT2D eigenvalue weighted by Gasteiger charge is 2.20. The van der Waals surface area contributed by atoms with Gasteiger partial charge in [0.1, 0.15) is 0 Å². The largest absolute Gasteiger partial charge is 0.341 e. The Bertz CT molecular complexity index is 325. The molecule has 5 heteroatoms. The van der Waals surface area contributed by atoms with E-state index in [1.165, 1.54) is 12.8 Å². The van der Waals surface area contributed by atoms with Gasteiger partial charge in [-0.2, -0.15) is 0 Å². The summed E-state index contributed by atoms with van der Waals surface area (Å²) >= 11 is 3.35. The lowest BCUT2D eigenvalue weighted by Crippen LogP contribution is -2.37. The van der Waals surface area contributed by atoms with Gasteiger partial charge in [0, 0.05) is 25.5 Å². The van der Waals surface area contributed by atoms with Crippen LogP contribution in [0.15, 0.2) is 16.9 Å². The molecular formula is C11H17BrN4. The number of hydrogen-bond acceptors (Lipinski definition) is 4. The van der Waals surface area contributed by atoms with Crippen molar-refractivity contribution in [1.82, 2.24) is 9.97 Å². The number of piperidine rings is 1. The molecule has 1 saturated heterocycles. The molecular weight excluding hydrogens is 268 g/mol. The third kappa shape index (κ3) is 2.92. The van der Waals surface area contributed by atoms with Crippen LogP contribution in [0.25, 0.3) is 0 Å². The van der Waals surface area contributed by atoms with Crippen LogP contribution in [0.1, 0.15) is 19.3 Å². The third-order valence-corrected chi connectivity index (χ3v) is 3.39. The second kappa shape index (κ2) is 5.59. The van der Waals surface area contributed by atoms with E-state index in [9.17, 15) is 0 Å². The van der Waals surface area contributed by atoms with Gasteiger partial charge in [-0.05, 0) is 47.7 Å². The van der Waals surface area contributed by atoms with Crippen molar-refractivity contribution in [3.63, 3.8) is 0 Å².